The molecule has 0 amide bonds. The molecule has 11 heavy (non-hydrogen) atoms. The molecule has 0 atom stereocenters. The van der Waals surface area contributed by atoms with E-state index in [2.05, 4.69) is 9.97 Å². The molecule has 1 heterocycles. The lowest BCUT2D eigenvalue weighted by Crippen LogP contribution is -2.08. The summed E-state index contributed by atoms with van der Waals surface area (Å²) in [6.07, 6.45) is 7.20. The highest BCUT2D eigenvalue weighted by Gasteiger charge is 2.39. The maximum atomic E-state index is 9.49. The van der Waals surface area contributed by atoms with Crippen LogP contribution in [0.2, 0.25) is 0 Å². The van der Waals surface area contributed by atoms with Crippen molar-refractivity contribution in [2.75, 3.05) is 0 Å². The molecule has 0 radical (unpaired) electrons. The van der Waals surface area contributed by atoms with Gasteiger partial charge in [0.05, 0.1) is 5.60 Å². The zero-order chi connectivity index (χ0) is 7.73. The molecule has 1 aliphatic carbocycles. The lowest BCUT2D eigenvalue weighted by atomic mass is 10.2. The average Bonchev–Trinajstić information content (AvgIpc) is 2.53. The highest BCUT2D eigenvalue weighted by Crippen LogP contribution is 2.38. The fourth-order valence-corrected chi connectivity index (χ4v) is 1.18. The third-order valence-electron chi connectivity index (χ3n) is 2.21. The zero-order valence-corrected chi connectivity index (χ0v) is 6.38. The van der Waals surface area contributed by atoms with Crippen LogP contribution in [0.4, 0.5) is 0 Å². The van der Waals surface area contributed by atoms with Gasteiger partial charge in [-0.05, 0) is 19.3 Å². The predicted octanol–water partition coefficient (Wildman–Crippen LogP) is 0.867. The third-order valence-corrected chi connectivity index (χ3v) is 2.21. The normalized spacial score (nSPS) is 20.1. The number of aromatic amines is 1. The summed E-state index contributed by atoms with van der Waals surface area (Å²) in [5, 5.41) is 9.49. The number of aromatic nitrogens is 2. The van der Waals surface area contributed by atoms with Gasteiger partial charge in [-0.15, -0.1) is 0 Å². The Bertz CT molecular complexity index is 226. The molecule has 3 nitrogen and oxygen atoms in total. The number of H-pyrrole nitrogens is 1. The maximum absolute atomic E-state index is 9.49. The van der Waals surface area contributed by atoms with E-state index in [1.807, 2.05) is 6.20 Å². The Kier molecular flexibility index (Phi) is 1.46. The van der Waals surface area contributed by atoms with Crippen LogP contribution in [-0.2, 0) is 6.42 Å². The van der Waals surface area contributed by atoms with E-state index in [0.29, 0.717) is 0 Å². The molecule has 1 aromatic heterocycles. The Labute approximate surface area is 65.5 Å². The summed E-state index contributed by atoms with van der Waals surface area (Å²) < 4.78 is 0. The monoisotopic (exact) mass is 152 g/mol. The fraction of sp³-hybridized carbons (Fsp3) is 0.625. The number of nitrogens with one attached hydrogen (secondary N) is 1. The number of hydrogen-bond acceptors (Lipinski definition) is 2. The lowest BCUT2D eigenvalue weighted by Gasteiger charge is -2.03. The van der Waals surface area contributed by atoms with Gasteiger partial charge in [0.25, 0.3) is 0 Å². The molecule has 1 aliphatic rings. The van der Waals surface area contributed by atoms with Crippen LogP contribution in [0.3, 0.4) is 0 Å². The van der Waals surface area contributed by atoms with Gasteiger partial charge in [-0.3, -0.25) is 0 Å². The van der Waals surface area contributed by atoms with E-state index >= 15 is 0 Å². The summed E-state index contributed by atoms with van der Waals surface area (Å²) in [5.74, 6) is 0.977. The first kappa shape index (κ1) is 6.85. The van der Waals surface area contributed by atoms with E-state index in [1.165, 1.54) is 0 Å². The van der Waals surface area contributed by atoms with Crippen LogP contribution in [-0.4, -0.2) is 20.7 Å². The first-order valence-electron chi connectivity index (χ1n) is 3.99. The van der Waals surface area contributed by atoms with Gasteiger partial charge in [-0.25, -0.2) is 4.98 Å². The van der Waals surface area contributed by atoms with E-state index in [1.54, 1.807) is 6.20 Å². The Morgan fingerprint density at radius 3 is 3.00 bits per heavy atom. The second-order valence-electron chi connectivity index (χ2n) is 3.26. The summed E-state index contributed by atoms with van der Waals surface area (Å²) in [4.78, 5) is 7.10. The van der Waals surface area contributed by atoms with E-state index in [4.69, 9.17) is 0 Å². The van der Waals surface area contributed by atoms with Crippen molar-refractivity contribution >= 4 is 0 Å². The molecule has 0 aromatic carbocycles. The van der Waals surface area contributed by atoms with Gasteiger partial charge in [0.2, 0.25) is 0 Å². The predicted molar refractivity (Wildman–Crippen MR) is 41.1 cm³/mol. The van der Waals surface area contributed by atoms with Crippen molar-refractivity contribution in [1.82, 2.24) is 9.97 Å². The van der Waals surface area contributed by atoms with Gasteiger partial charge in [0.15, 0.2) is 0 Å². The minimum absolute atomic E-state index is 0.340. The zero-order valence-electron chi connectivity index (χ0n) is 6.38. The van der Waals surface area contributed by atoms with Crippen LogP contribution in [0.1, 0.15) is 25.1 Å². The topological polar surface area (TPSA) is 48.9 Å². The summed E-state index contributed by atoms with van der Waals surface area (Å²) in [5.41, 5.74) is -0.340. The number of imidazole rings is 1. The van der Waals surface area contributed by atoms with E-state index in [-0.39, 0.29) is 5.60 Å². The van der Waals surface area contributed by atoms with Crippen molar-refractivity contribution in [2.24, 2.45) is 0 Å². The molecule has 0 saturated heterocycles. The molecule has 0 spiro atoms. The van der Waals surface area contributed by atoms with Crippen LogP contribution in [0.25, 0.3) is 0 Å². The van der Waals surface area contributed by atoms with Crippen LogP contribution in [0.5, 0.6) is 0 Å². The summed E-state index contributed by atoms with van der Waals surface area (Å²) in [6, 6.07) is 0. The molecule has 60 valence electrons. The van der Waals surface area contributed by atoms with E-state index in [0.717, 1.165) is 31.5 Å². The van der Waals surface area contributed by atoms with Gasteiger partial charge in [-0.2, -0.15) is 0 Å². The largest absolute Gasteiger partial charge is 0.390 e. The second-order valence-corrected chi connectivity index (χ2v) is 3.26. The Balaban J connectivity index is 1.83. The molecule has 1 saturated carbocycles. The molecule has 3 heteroatoms. The Hall–Kier alpha value is -0.830. The summed E-state index contributed by atoms with van der Waals surface area (Å²) in [6.45, 7) is 0. The van der Waals surface area contributed by atoms with Crippen molar-refractivity contribution in [3.63, 3.8) is 0 Å². The lowest BCUT2D eigenvalue weighted by molar-refractivity contribution is 0.140. The number of hydrogen-bond donors (Lipinski definition) is 2. The number of rotatable bonds is 3. The van der Waals surface area contributed by atoms with Crippen molar-refractivity contribution in [2.45, 2.75) is 31.3 Å². The Morgan fingerprint density at radius 2 is 2.45 bits per heavy atom. The van der Waals surface area contributed by atoms with Gasteiger partial charge >= 0.3 is 0 Å². The van der Waals surface area contributed by atoms with Crippen LogP contribution < -0.4 is 0 Å². The van der Waals surface area contributed by atoms with Gasteiger partial charge in [-0.1, -0.05) is 0 Å². The smallest absolute Gasteiger partial charge is 0.106 e. The molecule has 0 bridgehead atoms. The molecular weight excluding hydrogens is 140 g/mol. The SMILES string of the molecule is OC1(CCc2ncc[nH]2)CC1. The quantitative estimate of drug-likeness (QED) is 0.675. The first-order valence-corrected chi connectivity index (χ1v) is 3.99. The van der Waals surface area contributed by atoms with Crippen molar-refractivity contribution < 1.29 is 5.11 Å². The summed E-state index contributed by atoms with van der Waals surface area (Å²) in [7, 11) is 0. The van der Waals surface area contributed by atoms with Gasteiger partial charge in [0, 0.05) is 18.8 Å². The first-order chi connectivity index (χ1) is 5.29. The van der Waals surface area contributed by atoms with Crippen molar-refractivity contribution in [3.8, 4) is 0 Å². The minimum atomic E-state index is -0.340. The maximum Gasteiger partial charge on any atom is 0.106 e. The molecule has 1 aromatic rings. The molecular formula is C8H12N2O. The van der Waals surface area contributed by atoms with E-state index < -0.39 is 0 Å². The fourth-order valence-electron chi connectivity index (χ4n) is 1.18. The van der Waals surface area contributed by atoms with Crippen LogP contribution in [0.15, 0.2) is 12.4 Å². The van der Waals surface area contributed by atoms with Crippen molar-refractivity contribution in [1.29, 1.82) is 0 Å². The standard InChI is InChI=1S/C8H12N2O/c11-8(3-4-8)2-1-7-9-5-6-10-7/h5-6,11H,1-4H2,(H,9,10). The second kappa shape index (κ2) is 2.34. The average molecular weight is 152 g/mol. The Morgan fingerprint density at radius 1 is 1.64 bits per heavy atom. The highest BCUT2D eigenvalue weighted by atomic mass is 16.3. The highest BCUT2D eigenvalue weighted by molar-refractivity contribution is 4.97. The molecule has 1 fully saturated rings. The molecule has 0 unspecified atom stereocenters. The number of aryl methyl sites for hydroxylation is 1. The van der Waals surface area contributed by atoms with Gasteiger partial charge < -0.3 is 10.1 Å². The number of nitrogens with zero attached hydrogens (tertiary/aromatic N) is 1. The summed E-state index contributed by atoms with van der Waals surface area (Å²) >= 11 is 0. The molecule has 2 N–H and O–H groups in total. The van der Waals surface area contributed by atoms with E-state index in [9.17, 15) is 5.11 Å². The van der Waals surface area contributed by atoms with Crippen LogP contribution in [0, 0.1) is 0 Å². The molecule has 2 rings (SSSR count). The number of aliphatic hydroxyl groups is 1. The van der Waals surface area contributed by atoms with Gasteiger partial charge in [0.1, 0.15) is 5.82 Å². The molecule has 0 aliphatic heterocycles. The van der Waals surface area contributed by atoms with Crippen molar-refractivity contribution in [3.05, 3.63) is 18.2 Å². The van der Waals surface area contributed by atoms with Crippen LogP contribution >= 0.6 is 0 Å². The third kappa shape index (κ3) is 1.60. The minimum Gasteiger partial charge on any atom is -0.390 e.